The van der Waals surface area contributed by atoms with Gasteiger partial charge in [-0.1, -0.05) is 30.3 Å². The molecule has 130 valence electrons. The van der Waals surface area contributed by atoms with E-state index in [1.54, 1.807) is 25.1 Å². The monoisotopic (exact) mass is 342 g/mol. The second-order valence-corrected chi connectivity index (χ2v) is 5.80. The average molecular weight is 342 g/mol. The summed E-state index contributed by atoms with van der Waals surface area (Å²) in [5.41, 5.74) is 0.262. The van der Waals surface area contributed by atoms with Crippen molar-refractivity contribution in [2.45, 2.75) is 18.9 Å². The van der Waals surface area contributed by atoms with Gasteiger partial charge < -0.3 is 14.5 Å². The van der Waals surface area contributed by atoms with Crippen LogP contribution in [0, 0.1) is 5.82 Å². The number of aromatic nitrogens is 1. The van der Waals surface area contributed by atoms with E-state index in [4.69, 9.17) is 9.15 Å². The number of oxazole rings is 1. The fourth-order valence-electron chi connectivity index (χ4n) is 2.65. The molecule has 1 N–H and O–H groups in total. The maximum atomic E-state index is 14.1. The van der Waals surface area contributed by atoms with Crippen molar-refractivity contribution >= 4 is 17.0 Å². The van der Waals surface area contributed by atoms with Crippen molar-refractivity contribution in [1.82, 2.24) is 10.3 Å². The smallest absolute Gasteiger partial charge is 0.256 e. The van der Waals surface area contributed by atoms with Crippen LogP contribution in [0.5, 0.6) is 0 Å². The predicted molar refractivity (Wildman–Crippen MR) is 91.5 cm³/mol. The van der Waals surface area contributed by atoms with E-state index in [0.29, 0.717) is 24.4 Å². The normalized spacial score (nSPS) is 13.6. The van der Waals surface area contributed by atoms with Crippen LogP contribution in [-0.4, -0.2) is 24.5 Å². The second kappa shape index (κ2) is 7.03. The van der Waals surface area contributed by atoms with E-state index in [1.807, 2.05) is 24.3 Å². The molecule has 5 nitrogen and oxygen atoms in total. The van der Waals surface area contributed by atoms with Crippen molar-refractivity contribution in [2.24, 2.45) is 0 Å². The highest BCUT2D eigenvalue weighted by Crippen LogP contribution is 2.27. The molecule has 0 fully saturated rings. The van der Waals surface area contributed by atoms with Crippen LogP contribution < -0.4 is 5.32 Å². The molecule has 0 saturated heterocycles. The van der Waals surface area contributed by atoms with Gasteiger partial charge in [-0.2, -0.15) is 0 Å². The highest BCUT2D eigenvalue weighted by Gasteiger charge is 2.37. The van der Waals surface area contributed by atoms with E-state index >= 15 is 0 Å². The van der Waals surface area contributed by atoms with Gasteiger partial charge in [0.25, 0.3) is 5.91 Å². The van der Waals surface area contributed by atoms with Crippen LogP contribution in [0.2, 0.25) is 0 Å². The molecule has 1 atom stereocenters. The number of carbonyl (C=O) groups is 1. The van der Waals surface area contributed by atoms with E-state index in [-0.39, 0.29) is 5.56 Å². The third-order valence-corrected chi connectivity index (χ3v) is 4.19. The van der Waals surface area contributed by atoms with Gasteiger partial charge in [-0.3, -0.25) is 4.79 Å². The molecular weight excluding hydrogens is 323 g/mol. The molecule has 1 aromatic heterocycles. The summed E-state index contributed by atoms with van der Waals surface area (Å²) >= 11 is 0. The van der Waals surface area contributed by atoms with Gasteiger partial charge in [0, 0.05) is 25.6 Å². The predicted octanol–water partition coefficient (Wildman–Crippen LogP) is 3.19. The first-order valence-electron chi connectivity index (χ1n) is 7.97. The zero-order valence-electron chi connectivity index (χ0n) is 14.1. The summed E-state index contributed by atoms with van der Waals surface area (Å²) in [7, 11) is 1.38. The molecule has 2 aromatic carbocycles. The van der Waals surface area contributed by atoms with Crippen LogP contribution in [0.4, 0.5) is 4.39 Å². The Morgan fingerprint density at radius 2 is 1.96 bits per heavy atom. The van der Waals surface area contributed by atoms with Crippen molar-refractivity contribution < 1.29 is 18.3 Å². The SMILES string of the molecule is CO[C@@](C)(C(=O)NCCc1nc2ccccc2o1)c1ccccc1F. The molecule has 0 aliphatic carbocycles. The number of fused-ring (bicyclic) bond motifs is 1. The van der Waals surface area contributed by atoms with E-state index in [1.165, 1.54) is 13.2 Å². The third kappa shape index (κ3) is 3.39. The van der Waals surface area contributed by atoms with Gasteiger partial charge in [0.1, 0.15) is 11.3 Å². The zero-order valence-corrected chi connectivity index (χ0v) is 14.1. The maximum absolute atomic E-state index is 14.1. The number of nitrogens with one attached hydrogen (secondary N) is 1. The molecule has 0 unspecified atom stereocenters. The average Bonchev–Trinajstić information content (AvgIpc) is 3.04. The fourth-order valence-corrected chi connectivity index (χ4v) is 2.65. The van der Waals surface area contributed by atoms with Gasteiger partial charge in [0.05, 0.1) is 0 Å². The maximum Gasteiger partial charge on any atom is 0.256 e. The second-order valence-electron chi connectivity index (χ2n) is 5.80. The summed E-state index contributed by atoms with van der Waals surface area (Å²) in [6, 6.07) is 13.5. The Morgan fingerprint density at radius 3 is 2.68 bits per heavy atom. The number of carbonyl (C=O) groups excluding carboxylic acids is 1. The summed E-state index contributed by atoms with van der Waals surface area (Å²) in [5.74, 6) is -0.372. The number of amides is 1. The number of hydrogen-bond donors (Lipinski definition) is 1. The summed E-state index contributed by atoms with van der Waals surface area (Å²) in [5, 5.41) is 2.76. The Balaban J connectivity index is 1.67. The molecule has 0 spiro atoms. The first-order chi connectivity index (χ1) is 12.0. The van der Waals surface area contributed by atoms with Crippen LogP contribution in [0.15, 0.2) is 52.9 Å². The van der Waals surface area contributed by atoms with E-state index < -0.39 is 17.3 Å². The number of para-hydroxylation sites is 2. The summed E-state index contributed by atoms with van der Waals surface area (Å²) in [6.07, 6.45) is 0.428. The lowest BCUT2D eigenvalue weighted by Crippen LogP contribution is -2.44. The Morgan fingerprint density at radius 1 is 1.24 bits per heavy atom. The van der Waals surface area contributed by atoms with Crippen molar-refractivity contribution in [3.05, 3.63) is 65.8 Å². The molecule has 1 heterocycles. The lowest BCUT2D eigenvalue weighted by molar-refractivity contribution is -0.142. The minimum absolute atomic E-state index is 0.192. The standard InChI is InChI=1S/C19H19FN2O3/c1-19(24-2,13-7-3-4-8-14(13)20)18(23)21-12-11-17-22-15-9-5-6-10-16(15)25-17/h3-10H,11-12H2,1-2H3,(H,21,23)/t19-/m1/s1. The molecule has 3 aromatic rings. The quantitative estimate of drug-likeness (QED) is 0.747. The Labute approximate surface area is 144 Å². The van der Waals surface area contributed by atoms with Crippen molar-refractivity contribution in [3.8, 4) is 0 Å². The molecule has 0 aliphatic heterocycles. The number of methoxy groups -OCH3 is 1. The number of halogens is 1. The van der Waals surface area contributed by atoms with Gasteiger partial charge >= 0.3 is 0 Å². The van der Waals surface area contributed by atoms with Crippen LogP contribution in [0.3, 0.4) is 0 Å². The van der Waals surface area contributed by atoms with E-state index in [2.05, 4.69) is 10.3 Å². The van der Waals surface area contributed by atoms with Gasteiger partial charge in [0.2, 0.25) is 0 Å². The number of hydrogen-bond acceptors (Lipinski definition) is 4. The van der Waals surface area contributed by atoms with Crippen LogP contribution in [0.1, 0.15) is 18.4 Å². The van der Waals surface area contributed by atoms with Crippen molar-refractivity contribution in [3.63, 3.8) is 0 Å². The van der Waals surface area contributed by atoms with Crippen LogP contribution in [-0.2, 0) is 21.6 Å². The fraction of sp³-hybridized carbons (Fsp3) is 0.263. The molecular formula is C19H19FN2O3. The third-order valence-electron chi connectivity index (χ3n) is 4.19. The zero-order chi connectivity index (χ0) is 17.9. The van der Waals surface area contributed by atoms with Crippen molar-refractivity contribution in [2.75, 3.05) is 13.7 Å². The first kappa shape index (κ1) is 17.1. The van der Waals surface area contributed by atoms with E-state index in [9.17, 15) is 9.18 Å². The van der Waals surface area contributed by atoms with E-state index in [0.717, 1.165) is 5.52 Å². The van der Waals surface area contributed by atoms with Gasteiger partial charge in [-0.15, -0.1) is 0 Å². The van der Waals surface area contributed by atoms with Gasteiger partial charge in [0.15, 0.2) is 17.1 Å². The van der Waals surface area contributed by atoms with Crippen LogP contribution in [0.25, 0.3) is 11.1 Å². The summed E-state index contributed by atoms with van der Waals surface area (Å²) in [4.78, 5) is 16.9. The largest absolute Gasteiger partial charge is 0.441 e. The van der Waals surface area contributed by atoms with Crippen molar-refractivity contribution in [1.29, 1.82) is 0 Å². The Kier molecular flexibility index (Phi) is 4.81. The highest BCUT2D eigenvalue weighted by atomic mass is 19.1. The number of rotatable bonds is 6. The Bertz CT molecular complexity index is 860. The lowest BCUT2D eigenvalue weighted by Gasteiger charge is -2.27. The molecule has 1 amide bonds. The number of nitrogens with zero attached hydrogens (tertiary/aromatic N) is 1. The highest BCUT2D eigenvalue weighted by molar-refractivity contribution is 5.86. The minimum atomic E-state index is -1.41. The number of ether oxygens (including phenoxy) is 1. The summed E-state index contributed by atoms with van der Waals surface area (Å²) < 4.78 is 25.0. The molecule has 25 heavy (non-hydrogen) atoms. The van der Waals surface area contributed by atoms with Crippen LogP contribution >= 0.6 is 0 Å². The van der Waals surface area contributed by atoms with Gasteiger partial charge in [-0.25, -0.2) is 9.37 Å². The molecule has 0 aliphatic rings. The number of benzene rings is 2. The molecule has 3 rings (SSSR count). The van der Waals surface area contributed by atoms with Gasteiger partial charge in [-0.05, 0) is 25.1 Å². The molecule has 0 radical (unpaired) electrons. The molecule has 0 bridgehead atoms. The topological polar surface area (TPSA) is 64.4 Å². The molecule has 6 heteroatoms. The minimum Gasteiger partial charge on any atom is -0.441 e. The lowest BCUT2D eigenvalue weighted by atomic mass is 9.94. The molecule has 0 saturated carbocycles. The first-order valence-corrected chi connectivity index (χ1v) is 7.97. The Hall–Kier alpha value is -2.73. The summed E-state index contributed by atoms with van der Waals surface area (Å²) in [6.45, 7) is 1.85.